The van der Waals surface area contributed by atoms with Gasteiger partial charge in [-0.3, -0.25) is 4.79 Å². The third-order valence-corrected chi connectivity index (χ3v) is 4.07. The predicted molar refractivity (Wildman–Crippen MR) is 62.1 cm³/mol. The summed E-state index contributed by atoms with van der Waals surface area (Å²) in [6, 6.07) is -0.0364. The van der Waals surface area contributed by atoms with Gasteiger partial charge in [-0.05, 0) is 31.1 Å². The summed E-state index contributed by atoms with van der Waals surface area (Å²) in [6.07, 6.45) is 0.812. The number of alkyl halides is 2. The molecule has 0 spiro atoms. The number of nitrogens with one attached hydrogen (secondary N) is 1. The Hall–Kier alpha value is -0.750. The predicted octanol–water partition coefficient (Wildman–Crippen LogP) is 0.758. The Morgan fingerprint density at radius 1 is 1.39 bits per heavy atom. The molecule has 4 nitrogen and oxygen atoms in total. The summed E-state index contributed by atoms with van der Waals surface area (Å²) in [5.74, 6) is 0.752. The van der Waals surface area contributed by atoms with Crippen LogP contribution in [0, 0.1) is 17.8 Å². The van der Waals surface area contributed by atoms with E-state index in [1.165, 1.54) is 0 Å². The van der Waals surface area contributed by atoms with Crippen molar-refractivity contribution in [1.82, 2.24) is 5.32 Å². The molecule has 0 aromatic heterocycles. The van der Waals surface area contributed by atoms with Crippen LogP contribution in [-0.4, -0.2) is 38.1 Å². The molecule has 104 valence electrons. The number of halogens is 2. The first-order chi connectivity index (χ1) is 8.59. The summed E-state index contributed by atoms with van der Waals surface area (Å²) < 4.78 is 28.3. The van der Waals surface area contributed by atoms with Gasteiger partial charge in [-0.1, -0.05) is 0 Å². The van der Waals surface area contributed by atoms with E-state index in [0.717, 1.165) is 19.3 Å². The molecule has 2 aliphatic rings. The molecule has 2 bridgehead atoms. The highest BCUT2D eigenvalue weighted by Crippen LogP contribution is 2.47. The van der Waals surface area contributed by atoms with Crippen LogP contribution in [0.15, 0.2) is 0 Å². The summed E-state index contributed by atoms with van der Waals surface area (Å²) in [6.45, 7) is -0.193. The fraction of sp³-hybridized carbons (Fsp3) is 0.917. The Balaban J connectivity index is 1.66. The number of carbonyl (C=O) groups is 1. The maximum absolute atomic E-state index is 11.9. The van der Waals surface area contributed by atoms with Gasteiger partial charge in [0.15, 0.2) is 0 Å². The molecule has 0 radical (unpaired) electrons. The van der Waals surface area contributed by atoms with Crippen molar-refractivity contribution in [3.05, 3.63) is 0 Å². The van der Waals surface area contributed by atoms with Crippen LogP contribution in [0.5, 0.6) is 0 Å². The molecule has 0 saturated heterocycles. The summed E-state index contributed by atoms with van der Waals surface area (Å²) in [7, 11) is 0. The first-order valence-electron chi connectivity index (χ1n) is 6.48. The fourth-order valence-corrected chi connectivity index (χ4v) is 3.26. The van der Waals surface area contributed by atoms with Gasteiger partial charge in [0.2, 0.25) is 5.91 Å². The molecule has 2 fully saturated rings. The highest BCUT2D eigenvalue weighted by atomic mass is 19.3. The molecule has 0 aliphatic heterocycles. The molecule has 4 atom stereocenters. The second kappa shape index (κ2) is 5.93. The van der Waals surface area contributed by atoms with Gasteiger partial charge < -0.3 is 15.8 Å². The number of hydrogen-bond donors (Lipinski definition) is 2. The average Bonchev–Trinajstić information content (AvgIpc) is 2.88. The molecule has 2 rings (SSSR count). The summed E-state index contributed by atoms with van der Waals surface area (Å²) in [5.41, 5.74) is 6.04. The topological polar surface area (TPSA) is 64.4 Å². The van der Waals surface area contributed by atoms with Crippen molar-refractivity contribution in [3.63, 3.8) is 0 Å². The zero-order valence-electron chi connectivity index (χ0n) is 10.3. The molecule has 0 aromatic rings. The van der Waals surface area contributed by atoms with E-state index in [2.05, 4.69) is 5.32 Å². The zero-order valence-corrected chi connectivity index (χ0v) is 10.3. The van der Waals surface area contributed by atoms with Crippen LogP contribution < -0.4 is 11.1 Å². The van der Waals surface area contributed by atoms with E-state index < -0.39 is 13.0 Å². The normalized spacial score (nSPS) is 34.2. The molecule has 0 aromatic carbocycles. The number of fused-ring (bicyclic) bond motifs is 2. The molecule has 0 heterocycles. The number of rotatable bonds is 6. The van der Waals surface area contributed by atoms with E-state index in [1.807, 2.05) is 0 Å². The molecule has 3 N–H and O–H groups in total. The van der Waals surface area contributed by atoms with Gasteiger partial charge in [-0.25, -0.2) is 8.78 Å². The standard InChI is InChI=1S/C12H20F2N2O2/c13-9(14)6-18-4-3-16-12(17)10-7-1-2-8(5-7)11(10)15/h7-11H,1-6,15H2,(H,16,17). The molecular formula is C12H20F2N2O2. The van der Waals surface area contributed by atoms with Crippen molar-refractivity contribution < 1.29 is 18.3 Å². The molecule has 1 amide bonds. The first kappa shape index (κ1) is 13.7. The Morgan fingerprint density at radius 3 is 2.72 bits per heavy atom. The SMILES string of the molecule is NC1C2CCC(C2)C1C(=O)NCCOCC(F)F. The Kier molecular flexibility index (Phi) is 4.50. The van der Waals surface area contributed by atoms with Gasteiger partial charge in [0.05, 0.1) is 12.5 Å². The number of hydrogen-bond acceptors (Lipinski definition) is 3. The van der Waals surface area contributed by atoms with Gasteiger partial charge in [0.1, 0.15) is 6.61 Å². The van der Waals surface area contributed by atoms with Crippen LogP contribution in [0.2, 0.25) is 0 Å². The van der Waals surface area contributed by atoms with E-state index in [4.69, 9.17) is 10.5 Å². The van der Waals surface area contributed by atoms with Crippen LogP contribution in [0.25, 0.3) is 0 Å². The molecular weight excluding hydrogens is 242 g/mol. The van der Waals surface area contributed by atoms with Crippen molar-refractivity contribution in [1.29, 1.82) is 0 Å². The van der Waals surface area contributed by atoms with Crippen LogP contribution in [-0.2, 0) is 9.53 Å². The van der Waals surface area contributed by atoms with E-state index in [0.29, 0.717) is 11.8 Å². The quantitative estimate of drug-likeness (QED) is 0.695. The van der Waals surface area contributed by atoms with Gasteiger partial charge in [-0.2, -0.15) is 0 Å². The van der Waals surface area contributed by atoms with Crippen LogP contribution >= 0.6 is 0 Å². The minimum absolute atomic E-state index is 0.0364. The Labute approximate surface area is 105 Å². The highest BCUT2D eigenvalue weighted by molar-refractivity contribution is 5.80. The lowest BCUT2D eigenvalue weighted by molar-refractivity contribution is -0.127. The van der Waals surface area contributed by atoms with E-state index in [1.54, 1.807) is 0 Å². The monoisotopic (exact) mass is 262 g/mol. The number of carbonyl (C=O) groups excluding carboxylic acids is 1. The third kappa shape index (κ3) is 2.98. The largest absolute Gasteiger partial charge is 0.374 e. The third-order valence-electron chi connectivity index (χ3n) is 4.07. The maximum atomic E-state index is 11.9. The van der Waals surface area contributed by atoms with Crippen molar-refractivity contribution in [2.45, 2.75) is 31.7 Å². The van der Waals surface area contributed by atoms with Crippen LogP contribution in [0.3, 0.4) is 0 Å². The second-order valence-corrected chi connectivity index (χ2v) is 5.19. The minimum atomic E-state index is -2.46. The van der Waals surface area contributed by atoms with Crippen molar-refractivity contribution in [2.24, 2.45) is 23.5 Å². The molecule has 2 aliphatic carbocycles. The second-order valence-electron chi connectivity index (χ2n) is 5.19. The minimum Gasteiger partial charge on any atom is -0.374 e. The number of amides is 1. The Morgan fingerprint density at radius 2 is 2.11 bits per heavy atom. The highest BCUT2D eigenvalue weighted by Gasteiger charge is 2.48. The van der Waals surface area contributed by atoms with E-state index in [9.17, 15) is 13.6 Å². The van der Waals surface area contributed by atoms with Crippen molar-refractivity contribution in [3.8, 4) is 0 Å². The lowest BCUT2D eigenvalue weighted by atomic mass is 9.84. The molecule has 2 saturated carbocycles. The van der Waals surface area contributed by atoms with Crippen LogP contribution in [0.4, 0.5) is 8.78 Å². The van der Waals surface area contributed by atoms with Crippen LogP contribution in [0.1, 0.15) is 19.3 Å². The number of nitrogens with two attached hydrogens (primary N) is 1. The van der Waals surface area contributed by atoms with E-state index >= 15 is 0 Å². The average molecular weight is 262 g/mol. The molecule has 6 heteroatoms. The summed E-state index contributed by atoms with van der Waals surface area (Å²) in [5, 5.41) is 2.72. The van der Waals surface area contributed by atoms with E-state index in [-0.39, 0.29) is 31.0 Å². The van der Waals surface area contributed by atoms with Crippen molar-refractivity contribution in [2.75, 3.05) is 19.8 Å². The van der Waals surface area contributed by atoms with Gasteiger partial charge in [0.25, 0.3) is 6.43 Å². The van der Waals surface area contributed by atoms with Crippen molar-refractivity contribution >= 4 is 5.91 Å². The smallest absolute Gasteiger partial charge is 0.261 e. The lowest BCUT2D eigenvalue weighted by Gasteiger charge is -2.26. The zero-order chi connectivity index (χ0) is 13.1. The summed E-state index contributed by atoms with van der Waals surface area (Å²) in [4.78, 5) is 11.9. The number of ether oxygens (including phenoxy) is 1. The lowest BCUT2D eigenvalue weighted by Crippen LogP contribution is -2.46. The Bertz CT molecular complexity index is 300. The molecule has 18 heavy (non-hydrogen) atoms. The first-order valence-corrected chi connectivity index (χ1v) is 6.48. The fourth-order valence-electron chi connectivity index (χ4n) is 3.26. The molecule has 4 unspecified atom stereocenters. The van der Waals surface area contributed by atoms with Gasteiger partial charge >= 0.3 is 0 Å². The maximum Gasteiger partial charge on any atom is 0.261 e. The van der Waals surface area contributed by atoms with Gasteiger partial charge in [-0.15, -0.1) is 0 Å². The van der Waals surface area contributed by atoms with Gasteiger partial charge in [0, 0.05) is 12.6 Å². The summed E-state index contributed by atoms with van der Waals surface area (Å²) >= 11 is 0.